The van der Waals surface area contributed by atoms with Gasteiger partial charge in [0.2, 0.25) is 0 Å². The molecule has 20 heavy (non-hydrogen) atoms. The number of nitro groups is 1. The minimum Gasteiger partial charge on any atom is -0.369 e. The lowest BCUT2D eigenvalue weighted by molar-refractivity contribution is -0.383. The molecule has 0 aliphatic heterocycles. The van der Waals surface area contributed by atoms with Crippen molar-refractivity contribution in [2.75, 3.05) is 18.5 Å². The van der Waals surface area contributed by atoms with Crippen molar-refractivity contribution in [2.45, 2.75) is 6.42 Å². The molecular formula is C13H11FN4O2. The smallest absolute Gasteiger partial charge is 0.281 e. The summed E-state index contributed by atoms with van der Waals surface area (Å²) in [7, 11) is 1.62. The average molecular weight is 274 g/mol. The van der Waals surface area contributed by atoms with Crippen LogP contribution in [0, 0.1) is 27.3 Å². The first-order valence-corrected chi connectivity index (χ1v) is 5.86. The molecule has 6 nitrogen and oxygen atoms in total. The number of hydrogen-bond donors (Lipinski definition) is 0. The molecule has 2 aromatic rings. The van der Waals surface area contributed by atoms with E-state index in [0.717, 1.165) is 6.07 Å². The molecule has 0 aliphatic rings. The van der Waals surface area contributed by atoms with Gasteiger partial charge in [-0.15, -0.1) is 0 Å². The van der Waals surface area contributed by atoms with Gasteiger partial charge in [0, 0.05) is 19.8 Å². The summed E-state index contributed by atoms with van der Waals surface area (Å²) in [6.07, 6.45) is 1.67. The molecule has 0 atom stereocenters. The molecule has 0 amide bonds. The predicted molar refractivity (Wildman–Crippen MR) is 71.9 cm³/mol. The highest BCUT2D eigenvalue weighted by Crippen LogP contribution is 2.34. The Morgan fingerprint density at radius 2 is 2.35 bits per heavy atom. The first kappa shape index (κ1) is 13.7. The highest BCUT2D eigenvalue weighted by Gasteiger charge is 2.21. The van der Waals surface area contributed by atoms with E-state index in [1.165, 1.54) is 17.2 Å². The van der Waals surface area contributed by atoms with Gasteiger partial charge >= 0.3 is 0 Å². The lowest BCUT2D eigenvalue weighted by Crippen LogP contribution is -2.20. The van der Waals surface area contributed by atoms with Gasteiger partial charge < -0.3 is 4.90 Å². The van der Waals surface area contributed by atoms with Crippen LogP contribution in [0.15, 0.2) is 24.4 Å². The third-order valence-electron chi connectivity index (χ3n) is 2.94. The largest absolute Gasteiger partial charge is 0.369 e. The molecule has 0 bridgehead atoms. The third-order valence-corrected chi connectivity index (χ3v) is 2.94. The molecule has 0 N–H and O–H groups in total. The third kappa shape index (κ3) is 2.36. The normalized spacial score (nSPS) is 10.2. The molecule has 0 fully saturated rings. The van der Waals surface area contributed by atoms with E-state index in [1.807, 2.05) is 6.07 Å². The number of nitrogens with zero attached hydrogens (tertiary/aromatic N) is 4. The minimum absolute atomic E-state index is 0.168. The molecule has 1 aromatic carbocycles. The van der Waals surface area contributed by atoms with Gasteiger partial charge in [0.25, 0.3) is 5.69 Å². The maximum Gasteiger partial charge on any atom is 0.281 e. The summed E-state index contributed by atoms with van der Waals surface area (Å²) < 4.78 is 14.1. The van der Waals surface area contributed by atoms with E-state index in [1.54, 1.807) is 13.1 Å². The zero-order chi connectivity index (χ0) is 14.7. The Morgan fingerprint density at radius 3 is 3.00 bits per heavy atom. The zero-order valence-electron chi connectivity index (χ0n) is 10.7. The number of pyridine rings is 1. The van der Waals surface area contributed by atoms with E-state index >= 15 is 0 Å². The van der Waals surface area contributed by atoms with Gasteiger partial charge in [-0.3, -0.25) is 15.1 Å². The first-order chi connectivity index (χ1) is 9.56. The van der Waals surface area contributed by atoms with Crippen LogP contribution in [0.25, 0.3) is 10.9 Å². The van der Waals surface area contributed by atoms with Crippen LogP contribution in [0.1, 0.15) is 6.42 Å². The Labute approximate surface area is 114 Å². The second kappa shape index (κ2) is 5.48. The van der Waals surface area contributed by atoms with Crippen LogP contribution in [0.2, 0.25) is 0 Å². The van der Waals surface area contributed by atoms with Crippen LogP contribution < -0.4 is 4.90 Å². The van der Waals surface area contributed by atoms with E-state index in [-0.39, 0.29) is 28.7 Å². The van der Waals surface area contributed by atoms with Gasteiger partial charge in [0.1, 0.15) is 5.52 Å². The van der Waals surface area contributed by atoms with Crippen molar-refractivity contribution >= 4 is 22.3 Å². The van der Waals surface area contributed by atoms with Crippen LogP contribution in [0.3, 0.4) is 0 Å². The highest BCUT2D eigenvalue weighted by molar-refractivity contribution is 5.97. The number of benzene rings is 1. The summed E-state index contributed by atoms with van der Waals surface area (Å²) in [5.74, 6) is -0.719. The van der Waals surface area contributed by atoms with Crippen LogP contribution in [-0.2, 0) is 0 Å². The number of aromatic nitrogens is 1. The predicted octanol–water partition coefficient (Wildman–Crippen LogP) is 2.63. The molecule has 2 rings (SSSR count). The van der Waals surface area contributed by atoms with Crippen LogP contribution in [-0.4, -0.2) is 23.5 Å². The van der Waals surface area contributed by atoms with Crippen LogP contribution >= 0.6 is 0 Å². The van der Waals surface area contributed by atoms with Gasteiger partial charge in [0.05, 0.1) is 34.6 Å². The van der Waals surface area contributed by atoms with E-state index in [2.05, 4.69) is 4.98 Å². The number of non-ortho nitro benzene ring substituents is 1. The number of halogens is 1. The summed E-state index contributed by atoms with van der Waals surface area (Å²) in [5.41, 5.74) is 0.0733. The molecular weight excluding hydrogens is 263 g/mol. The van der Waals surface area contributed by atoms with Crippen molar-refractivity contribution in [3.05, 3.63) is 40.3 Å². The molecule has 1 heterocycles. The molecule has 0 saturated heterocycles. The fraction of sp³-hybridized carbons (Fsp3) is 0.231. The molecule has 102 valence electrons. The molecule has 0 unspecified atom stereocenters. The fourth-order valence-corrected chi connectivity index (χ4v) is 2.02. The molecule has 1 aromatic heterocycles. The van der Waals surface area contributed by atoms with Crippen molar-refractivity contribution in [3.63, 3.8) is 0 Å². The SMILES string of the molecule is CN(CCC#N)c1c(F)cc([N+](=O)[O-])c2cccnc12. The number of rotatable bonds is 4. The van der Waals surface area contributed by atoms with Gasteiger partial charge in [-0.25, -0.2) is 4.39 Å². The van der Waals surface area contributed by atoms with Crippen molar-refractivity contribution in [1.29, 1.82) is 5.26 Å². The van der Waals surface area contributed by atoms with E-state index < -0.39 is 10.7 Å². The van der Waals surface area contributed by atoms with Crippen molar-refractivity contribution < 1.29 is 9.31 Å². The number of hydrogen-bond acceptors (Lipinski definition) is 5. The monoisotopic (exact) mass is 274 g/mol. The van der Waals surface area contributed by atoms with Crippen LogP contribution in [0.4, 0.5) is 15.8 Å². The van der Waals surface area contributed by atoms with Crippen molar-refractivity contribution in [2.24, 2.45) is 0 Å². The van der Waals surface area contributed by atoms with Crippen LogP contribution in [0.5, 0.6) is 0 Å². The molecule has 0 radical (unpaired) electrons. The molecule has 0 saturated carbocycles. The summed E-state index contributed by atoms with van der Waals surface area (Å²) in [5, 5.41) is 19.8. The Morgan fingerprint density at radius 1 is 1.60 bits per heavy atom. The zero-order valence-corrected chi connectivity index (χ0v) is 10.7. The Kier molecular flexibility index (Phi) is 3.75. The fourth-order valence-electron chi connectivity index (χ4n) is 2.02. The quantitative estimate of drug-likeness (QED) is 0.632. The maximum atomic E-state index is 14.1. The van der Waals surface area contributed by atoms with Gasteiger partial charge in [-0.2, -0.15) is 5.26 Å². The summed E-state index contributed by atoms with van der Waals surface area (Å²) in [6.45, 7) is 0.316. The number of fused-ring (bicyclic) bond motifs is 1. The van der Waals surface area contributed by atoms with Gasteiger partial charge in [-0.1, -0.05) is 0 Å². The van der Waals surface area contributed by atoms with E-state index in [9.17, 15) is 14.5 Å². The number of anilines is 1. The van der Waals surface area contributed by atoms with Gasteiger partial charge in [0.15, 0.2) is 5.82 Å². The van der Waals surface area contributed by atoms with E-state index in [4.69, 9.17) is 5.26 Å². The second-order valence-electron chi connectivity index (χ2n) is 4.21. The molecule has 7 heteroatoms. The summed E-state index contributed by atoms with van der Waals surface area (Å²) >= 11 is 0. The highest BCUT2D eigenvalue weighted by atomic mass is 19.1. The molecule has 0 aliphatic carbocycles. The molecule has 0 spiro atoms. The Bertz CT molecular complexity index is 711. The minimum atomic E-state index is -0.719. The van der Waals surface area contributed by atoms with Crippen molar-refractivity contribution in [1.82, 2.24) is 4.98 Å². The second-order valence-corrected chi connectivity index (χ2v) is 4.21. The Hall–Kier alpha value is -2.75. The average Bonchev–Trinajstić information content (AvgIpc) is 2.43. The number of nitro benzene ring substituents is 1. The topological polar surface area (TPSA) is 83.1 Å². The van der Waals surface area contributed by atoms with Gasteiger partial charge in [-0.05, 0) is 12.1 Å². The van der Waals surface area contributed by atoms with Crippen molar-refractivity contribution in [3.8, 4) is 6.07 Å². The first-order valence-electron chi connectivity index (χ1n) is 5.86. The number of nitriles is 1. The lowest BCUT2D eigenvalue weighted by atomic mass is 10.1. The maximum absolute atomic E-state index is 14.1. The lowest BCUT2D eigenvalue weighted by Gasteiger charge is -2.19. The summed E-state index contributed by atoms with van der Waals surface area (Å²) in [6, 6.07) is 5.95. The summed E-state index contributed by atoms with van der Waals surface area (Å²) in [4.78, 5) is 15.9. The Balaban J connectivity index is 2.67. The standard InChI is InChI=1S/C13H11FN4O2/c1-17(7-3-5-15)13-10(14)8-11(18(19)20)9-4-2-6-16-12(9)13/h2,4,6,8H,3,7H2,1H3. The van der Waals surface area contributed by atoms with E-state index in [0.29, 0.717) is 6.54 Å².